The molecule has 1 aliphatic rings. The highest BCUT2D eigenvalue weighted by Crippen LogP contribution is 2.42. The standard InChI is InChI=1S/C20H16F3N5O/c21-20(22,23)19(27-14-7-6-13-11-26-28-16(13)10-14)17(18(24)29)15(8-9-25-19)12-4-2-1-3-5-12/h1-11,25,27H,(H2,24,29)(H,26,28). The van der Waals surface area contributed by atoms with Crippen molar-refractivity contribution in [2.24, 2.45) is 5.73 Å². The Kier molecular flexibility index (Phi) is 4.30. The summed E-state index contributed by atoms with van der Waals surface area (Å²) < 4.78 is 43.2. The summed E-state index contributed by atoms with van der Waals surface area (Å²) in [5.41, 5.74) is 3.15. The predicted molar refractivity (Wildman–Crippen MR) is 103 cm³/mol. The summed E-state index contributed by atoms with van der Waals surface area (Å²) in [6.45, 7) is 0. The van der Waals surface area contributed by atoms with Crippen molar-refractivity contribution in [2.75, 3.05) is 5.32 Å². The first-order chi connectivity index (χ1) is 13.8. The Morgan fingerprint density at radius 3 is 2.59 bits per heavy atom. The van der Waals surface area contributed by atoms with Gasteiger partial charge >= 0.3 is 6.18 Å². The largest absolute Gasteiger partial charge is 0.435 e. The molecule has 5 N–H and O–H groups in total. The van der Waals surface area contributed by atoms with E-state index in [0.717, 1.165) is 11.6 Å². The van der Waals surface area contributed by atoms with Crippen LogP contribution in [0.5, 0.6) is 0 Å². The second-order valence-electron chi connectivity index (χ2n) is 6.54. The maximum atomic E-state index is 14.4. The number of amides is 1. The van der Waals surface area contributed by atoms with Gasteiger partial charge in [-0.2, -0.15) is 18.3 Å². The number of rotatable bonds is 4. The van der Waals surface area contributed by atoms with Crippen LogP contribution in [0.15, 0.2) is 72.6 Å². The molecular formula is C20H16F3N5O. The first-order valence-electron chi connectivity index (χ1n) is 8.64. The molecule has 1 unspecified atom stereocenters. The molecule has 6 nitrogen and oxygen atoms in total. The Morgan fingerprint density at radius 2 is 1.90 bits per heavy atom. The third kappa shape index (κ3) is 3.10. The molecule has 2 heterocycles. The fraction of sp³-hybridized carbons (Fsp3) is 0.100. The van der Waals surface area contributed by atoms with Gasteiger partial charge in [-0.3, -0.25) is 9.89 Å². The van der Waals surface area contributed by atoms with Crippen LogP contribution in [-0.2, 0) is 4.79 Å². The van der Waals surface area contributed by atoms with Crippen LogP contribution in [-0.4, -0.2) is 27.9 Å². The lowest BCUT2D eigenvalue weighted by molar-refractivity contribution is -0.175. The summed E-state index contributed by atoms with van der Waals surface area (Å²) >= 11 is 0. The minimum atomic E-state index is -4.90. The van der Waals surface area contributed by atoms with E-state index in [1.807, 2.05) is 0 Å². The van der Waals surface area contributed by atoms with Gasteiger partial charge in [-0.25, -0.2) is 0 Å². The molecule has 1 aromatic heterocycles. The Hall–Kier alpha value is -3.75. The zero-order valence-electron chi connectivity index (χ0n) is 14.9. The number of fused-ring (bicyclic) bond motifs is 1. The molecule has 29 heavy (non-hydrogen) atoms. The summed E-state index contributed by atoms with van der Waals surface area (Å²) in [5, 5.41) is 12.1. The zero-order valence-corrected chi connectivity index (χ0v) is 14.9. The average Bonchev–Trinajstić information content (AvgIpc) is 3.15. The summed E-state index contributed by atoms with van der Waals surface area (Å²) in [4.78, 5) is 12.3. The summed E-state index contributed by atoms with van der Waals surface area (Å²) in [7, 11) is 0. The molecule has 0 radical (unpaired) electrons. The summed E-state index contributed by atoms with van der Waals surface area (Å²) in [6, 6.07) is 12.9. The average molecular weight is 399 g/mol. The van der Waals surface area contributed by atoms with Crippen LogP contribution in [0.4, 0.5) is 18.9 Å². The molecule has 0 aliphatic carbocycles. The minimum Gasteiger partial charge on any atom is -0.366 e. The number of nitrogens with two attached hydrogens (primary N) is 1. The molecule has 3 aromatic rings. The smallest absolute Gasteiger partial charge is 0.366 e. The number of nitrogens with one attached hydrogen (secondary N) is 3. The van der Waals surface area contributed by atoms with Crippen molar-refractivity contribution < 1.29 is 18.0 Å². The van der Waals surface area contributed by atoms with E-state index in [2.05, 4.69) is 20.8 Å². The Balaban J connectivity index is 1.91. The second-order valence-corrected chi connectivity index (χ2v) is 6.54. The number of carbonyl (C=O) groups excluding carboxylic acids is 1. The number of hydrogen-bond donors (Lipinski definition) is 4. The quantitative estimate of drug-likeness (QED) is 0.541. The Morgan fingerprint density at radius 1 is 1.14 bits per heavy atom. The van der Waals surface area contributed by atoms with E-state index in [0.29, 0.717) is 11.1 Å². The summed E-state index contributed by atoms with van der Waals surface area (Å²) in [6.07, 6.45) is -0.781. The molecule has 1 amide bonds. The van der Waals surface area contributed by atoms with Gasteiger partial charge in [0.25, 0.3) is 0 Å². The highest BCUT2D eigenvalue weighted by atomic mass is 19.4. The van der Waals surface area contributed by atoms with Gasteiger partial charge in [0, 0.05) is 11.1 Å². The lowest BCUT2D eigenvalue weighted by Gasteiger charge is -2.41. The first-order valence-corrected chi connectivity index (χ1v) is 8.64. The number of benzene rings is 2. The number of aromatic amines is 1. The van der Waals surface area contributed by atoms with Gasteiger partial charge in [0.2, 0.25) is 11.6 Å². The zero-order chi connectivity index (χ0) is 20.6. The van der Waals surface area contributed by atoms with Gasteiger partial charge in [-0.15, -0.1) is 0 Å². The third-order valence-electron chi connectivity index (χ3n) is 4.72. The van der Waals surface area contributed by atoms with Crippen LogP contribution in [0.2, 0.25) is 0 Å². The monoisotopic (exact) mass is 399 g/mol. The molecule has 1 atom stereocenters. The van der Waals surface area contributed by atoms with Crippen LogP contribution in [0.25, 0.3) is 16.5 Å². The van der Waals surface area contributed by atoms with Crippen LogP contribution < -0.4 is 16.4 Å². The molecule has 1 aliphatic heterocycles. The lowest BCUT2D eigenvalue weighted by Crippen LogP contribution is -2.65. The number of hydrogen-bond acceptors (Lipinski definition) is 4. The number of anilines is 1. The topological polar surface area (TPSA) is 95.8 Å². The molecule has 0 fully saturated rings. The fourth-order valence-electron chi connectivity index (χ4n) is 3.41. The molecule has 4 rings (SSSR count). The molecular weight excluding hydrogens is 383 g/mol. The number of nitrogens with zero attached hydrogens (tertiary/aromatic N) is 1. The van der Waals surface area contributed by atoms with Gasteiger partial charge in [-0.05, 0) is 41.6 Å². The van der Waals surface area contributed by atoms with Crippen molar-refractivity contribution in [1.82, 2.24) is 15.5 Å². The first kappa shape index (κ1) is 18.6. The van der Waals surface area contributed by atoms with Crippen LogP contribution in [0.1, 0.15) is 5.56 Å². The second kappa shape index (κ2) is 6.69. The summed E-state index contributed by atoms with van der Waals surface area (Å²) in [5.74, 6) is -1.19. The maximum Gasteiger partial charge on any atom is 0.435 e. The van der Waals surface area contributed by atoms with E-state index in [4.69, 9.17) is 5.73 Å². The number of primary amides is 1. The Bertz CT molecular complexity index is 1130. The number of aromatic nitrogens is 2. The van der Waals surface area contributed by atoms with Gasteiger partial charge in [0.1, 0.15) is 0 Å². The molecule has 0 saturated heterocycles. The lowest BCUT2D eigenvalue weighted by atomic mass is 9.86. The molecule has 2 aromatic carbocycles. The SMILES string of the molecule is NC(=O)C1=C(c2ccccc2)C=CNC1(Nc1ccc2cn[nH]c2c1)C(F)(F)F. The van der Waals surface area contributed by atoms with Gasteiger partial charge in [-0.1, -0.05) is 30.3 Å². The molecule has 0 bridgehead atoms. The number of halogens is 3. The van der Waals surface area contributed by atoms with E-state index in [-0.39, 0.29) is 11.3 Å². The van der Waals surface area contributed by atoms with Crippen molar-refractivity contribution in [3.8, 4) is 0 Å². The number of H-pyrrole nitrogens is 1. The van der Waals surface area contributed by atoms with Crippen molar-refractivity contribution in [1.29, 1.82) is 0 Å². The highest BCUT2D eigenvalue weighted by molar-refractivity contribution is 6.06. The van der Waals surface area contributed by atoms with E-state index < -0.39 is 23.3 Å². The fourth-order valence-corrected chi connectivity index (χ4v) is 3.41. The van der Waals surface area contributed by atoms with E-state index in [9.17, 15) is 18.0 Å². The molecule has 0 spiro atoms. The number of carbonyl (C=O) groups is 1. The van der Waals surface area contributed by atoms with Crippen LogP contribution in [0, 0.1) is 0 Å². The van der Waals surface area contributed by atoms with E-state index in [1.54, 1.807) is 42.6 Å². The molecule has 148 valence electrons. The van der Waals surface area contributed by atoms with Crippen molar-refractivity contribution in [2.45, 2.75) is 11.8 Å². The normalized spacial score (nSPS) is 19.3. The van der Waals surface area contributed by atoms with Crippen LogP contribution >= 0.6 is 0 Å². The van der Waals surface area contributed by atoms with Gasteiger partial charge < -0.3 is 16.4 Å². The van der Waals surface area contributed by atoms with E-state index >= 15 is 0 Å². The maximum absolute atomic E-state index is 14.4. The predicted octanol–water partition coefficient (Wildman–Crippen LogP) is 3.29. The highest BCUT2D eigenvalue weighted by Gasteiger charge is 2.60. The molecule has 9 heteroatoms. The van der Waals surface area contributed by atoms with E-state index in [1.165, 1.54) is 18.2 Å². The number of allylic oxidation sites excluding steroid dienone is 2. The van der Waals surface area contributed by atoms with Crippen molar-refractivity contribution in [3.63, 3.8) is 0 Å². The number of dihydropyridines is 1. The third-order valence-corrected chi connectivity index (χ3v) is 4.72. The Labute approximate surface area is 163 Å². The van der Waals surface area contributed by atoms with Gasteiger partial charge in [0.05, 0.1) is 17.3 Å². The number of alkyl halides is 3. The van der Waals surface area contributed by atoms with Crippen molar-refractivity contribution in [3.05, 3.63) is 78.1 Å². The van der Waals surface area contributed by atoms with Gasteiger partial charge in [0.15, 0.2) is 0 Å². The van der Waals surface area contributed by atoms with Crippen molar-refractivity contribution >= 4 is 28.1 Å². The minimum absolute atomic E-state index is 0.0873. The van der Waals surface area contributed by atoms with Crippen LogP contribution in [0.3, 0.4) is 0 Å². The molecule has 0 saturated carbocycles.